The summed E-state index contributed by atoms with van der Waals surface area (Å²) in [5.41, 5.74) is 1.13. The fourth-order valence-corrected chi connectivity index (χ4v) is 1.65. The Balaban J connectivity index is 2.32. The van der Waals surface area contributed by atoms with E-state index in [1.807, 2.05) is 52.0 Å². The summed E-state index contributed by atoms with van der Waals surface area (Å²) in [6, 6.07) is 8.09. The van der Waals surface area contributed by atoms with Gasteiger partial charge in [0.2, 0.25) is 5.91 Å². The molecule has 0 saturated heterocycles. The number of hydrogen-bond acceptors (Lipinski definition) is 3. The Kier molecular flexibility index (Phi) is 6.36. The molecule has 1 aromatic rings. The number of hydrogen-bond donors (Lipinski definition) is 2. The first-order valence-electron chi connectivity index (χ1n) is 6.73. The minimum atomic E-state index is 0.0229. The molecule has 0 aliphatic heterocycles. The lowest BCUT2D eigenvalue weighted by Gasteiger charge is -2.11. The molecular formula is C15H24N2O2. The molecule has 106 valence electrons. The summed E-state index contributed by atoms with van der Waals surface area (Å²) in [5.74, 6) is 0.895. The zero-order valence-electron chi connectivity index (χ0n) is 12.2. The summed E-state index contributed by atoms with van der Waals surface area (Å²) in [5, 5.41) is 5.95. The Morgan fingerprint density at radius 3 is 2.32 bits per heavy atom. The number of carbonyl (C=O) groups excluding carboxylic acids is 1. The summed E-state index contributed by atoms with van der Waals surface area (Å²) in [4.78, 5) is 11.4. The molecule has 1 rings (SSSR count). The van der Waals surface area contributed by atoms with Crippen LogP contribution in [0.25, 0.3) is 0 Å². The first-order chi connectivity index (χ1) is 8.97. The molecular weight excluding hydrogens is 240 g/mol. The Bertz CT molecular complexity index is 386. The van der Waals surface area contributed by atoms with Gasteiger partial charge < -0.3 is 15.4 Å². The van der Waals surface area contributed by atoms with Gasteiger partial charge in [-0.15, -0.1) is 0 Å². The highest BCUT2D eigenvalue weighted by Crippen LogP contribution is 2.13. The molecule has 0 radical (unpaired) electrons. The maximum atomic E-state index is 11.4. The maximum Gasteiger partial charge on any atom is 0.234 e. The highest BCUT2D eigenvalue weighted by molar-refractivity contribution is 5.78. The van der Waals surface area contributed by atoms with Crippen LogP contribution in [0.5, 0.6) is 5.75 Å². The monoisotopic (exact) mass is 264 g/mol. The fourth-order valence-electron chi connectivity index (χ4n) is 1.65. The van der Waals surface area contributed by atoms with Crippen molar-refractivity contribution in [2.24, 2.45) is 0 Å². The normalized spacial score (nSPS) is 10.8. The van der Waals surface area contributed by atoms with Crippen LogP contribution in [0, 0.1) is 0 Å². The molecule has 4 heteroatoms. The molecule has 4 nitrogen and oxygen atoms in total. The number of carbonyl (C=O) groups is 1. The molecule has 0 aromatic heterocycles. The highest BCUT2D eigenvalue weighted by Gasteiger charge is 2.02. The zero-order valence-corrected chi connectivity index (χ0v) is 12.2. The van der Waals surface area contributed by atoms with Crippen molar-refractivity contribution in [3.05, 3.63) is 29.8 Å². The standard InChI is InChI=1S/C15H24N2O2/c1-11(2)17-15(18)10-16-9-13-5-7-14(8-6-13)19-12(3)4/h5-8,11-12,16H,9-10H2,1-4H3,(H,17,18). The number of amides is 1. The summed E-state index contributed by atoms with van der Waals surface area (Å²) in [6.07, 6.45) is 0.184. The van der Waals surface area contributed by atoms with E-state index in [0.29, 0.717) is 13.1 Å². The van der Waals surface area contributed by atoms with Crippen molar-refractivity contribution in [3.8, 4) is 5.75 Å². The third-order valence-electron chi connectivity index (χ3n) is 2.36. The smallest absolute Gasteiger partial charge is 0.234 e. The first kappa shape index (κ1) is 15.5. The van der Waals surface area contributed by atoms with Gasteiger partial charge in [-0.05, 0) is 45.4 Å². The quantitative estimate of drug-likeness (QED) is 0.793. The SMILES string of the molecule is CC(C)NC(=O)CNCc1ccc(OC(C)C)cc1. The third kappa shape index (κ3) is 6.82. The van der Waals surface area contributed by atoms with E-state index in [9.17, 15) is 4.79 Å². The van der Waals surface area contributed by atoms with E-state index in [2.05, 4.69) is 10.6 Å². The van der Waals surface area contributed by atoms with Crippen LogP contribution in [-0.4, -0.2) is 24.6 Å². The van der Waals surface area contributed by atoms with Crippen molar-refractivity contribution in [1.29, 1.82) is 0 Å². The van der Waals surface area contributed by atoms with Crippen LogP contribution in [0.3, 0.4) is 0 Å². The molecule has 0 bridgehead atoms. The van der Waals surface area contributed by atoms with Crippen LogP contribution in [-0.2, 0) is 11.3 Å². The van der Waals surface area contributed by atoms with Gasteiger partial charge in [-0.25, -0.2) is 0 Å². The number of rotatable bonds is 7. The molecule has 0 unspecified atom stereocenters. The van der Waals surface area contributed by atoms with Gasteiger partial charge >= 0.3 is 0 Å². The highest BCUT2D eigenvalue weighted by atomic mass is 16.5. The molecule has 1 aromatic carbocycles. The summed E-state index contributed by atoms with van der Waals surface area (Å²) >= 11 is 0. The van der Waals surface area contributed by atoms with Gasteiger partial charge in [0, 0.05) is 12.6 Å². The Labute approximate surface area is 115 Å². The molecule has 2 N–H and O–H groups in total. The summed E-state index contributed by atoms with van der Waals surface area (Å²) in [7, 11) is 0. The average Bonchev–Trinajstić information content (AvgIpc) is 2.29. The van der Waals surface area contributed by atoms with Gasteiger partial charge in [0.25, 0.3) is 0 Å². The van der Waals surface area contributed by atoms with Crippen molar-refractivity contribution < 1.29 is 9.53 Å². The second-order valence-electron chi connectivity index (χ2n) is 5.14. The number of nitrogens with one attached hydrogen (secondary N) is 2. The molecule has 0 heterocycles. The van der Waals surface area contributed by atoms with Crippen molar-refractivity contribution in [3.63, 3.8) is 0 Å². The van der Waals surface area contributed by atoms with Gasteiger partial charge in [0.05, 0.1) is 12.6 Å². The van der Waals surface area contributed by atoms with E-state index in [0.717, 1.165) is 11.3 Å². The minimum absolute atomic E-state index is 0.0229. The lowest BCUT2D eigenvalue weighted by molar-refractivity contribution is -0.120. The van der Waals surface area contributed by atoms with Crippen LogP contribution in [0.15, 0.2) is 24.3 Å². The van der Waals surface area contributed by atoms with Gasteiger partial charge in [0.15, 0.2) is 0 Å². The van der Waals surface area contributed by atoms with Crippen molar-refractivity contribution in [2.45, 2.75) is 46.4 Å². The molecule has 1 amide bonds. The van der Waals surface area contributed by atoms with Gasteiger partial charge in [-0.1, -0.05) is 12.1 Å². The topological polar surface area (TPSA) is 50.4 Å². The Morgan fingerprint density at radius 2 is 1.79 bits per heavy atom. The van der Waals surface area contributed by atoms with Crippen LogP contribution in [0.4, 0.5) is 0 Å². The maximum absolute atomic E-state index is 11.4. The Morgan fingerprint density at radius 1 is 1.16 bits per heavy atom. The zero-order chi connectivity index (χ0) is 14.3. The Hall–Kier alpha value is -1.55. The molecule has 0 atom stereocenters. The predicted molar refractivity (Wildman–Crippen MR) is 77.2 cm³/mol. The molecule has 0 aliphatic carbocycles. The van der Waals surface area contributed by atoms with Crippen molar-refractivity contribution in [1.82, 2.24) is 10.6 Å². The largest absolute Gasteiger partial charge is 0.491 e. The molecule has 0 fully saturated rings. The van der Waals surface area contributed by atoms with Gasteiger partial charge in [0.1, 0.15) is 5.75 Å². The van der Waals surface area contributed by atoms with E-state index in [1.165, 1.54) is 0 Å². The van der Waals surface area contributed by atoms with Crippen LogP contribution in [0.2, 0.25) is 0 Å². The lowest BCUT2D eigenvalue weighted by Crippen LogP contribution is -2.37. The molecule has 0 spiro atoms. The number of benzene rings is 1. The van der Waals surface area contributed by atoms with Crippen molar-refractivity contribution >= 4 is 5.91 Å². The molecule has 0 saturated carbocycles. The van der Waals surface area contributed by atoms with E-state index in [-0.39, 0.29) is 18.1 Å². The average molecular weight is 264 g/mol. The van der Waals surface area contributed by atoms with E-state index >= 15 is 0 Å². The minimum Gasteiger partial charge on any atom is -0.491 e. The fraction of sp³-hybridized carbons (Fsp3) is 0.533. The van der Waals surface area contributed by atoms with Crippen LogP contribution >= 0.6 is 0 Å². The predicted octanol–water partition coefficient (Wildman–Crippen LogP) is 2.09. The van der Waals surface area contributed by atoms with Crippen LogP contribution in [0.1, 0.15) is 33.3 Å². The third-order valence-corrected chi connectivity index (χ3v) is 2.36. The second-order valence-corrected chi connectivity index (χ2v) is 5.14. The van der Waals surface area contributed by atoms with Gasteiger partial charge in [-0.3, -0.25) is 4.79 Å². The number of ether oxygens (including phenoxy) is 1. The molecule has 0 aliphatic rings. The summed E-state index contributed by atoms with van der Waals surface area (Å²) in [6.45, 7) is 8.91. The van der Waals surface area contributed by atoms with Crippen LogP contribution < -0.4 is 15.4 Å². The lowest BCUT2D eigenvalue weighted by atomic mass is 10.2. The summed E-state index contributed by atoms with van der Waals surface area (Å²) < 4.78 is 5.57. The molecule has 19 heavy (non-hydrogen) atoms. The van der Waals surface area contributed by atoms with Gasteiger partial charge in [-0.2, -0.15) is 0 Å². The van der Waals surface area contributed by atoms with E-state index in [1.54, 1.807) is 0 Å². The van der Waals surface area contributed by atoms with E-state index in [4.69, 9.17) is 4.74 Å². The van der Waals surface area contributed by atoms with Crippen molar-refractivity contribution in [2.75, 3.05) is 6.54 Å². The first-order valence-corrected chi connectivity index (χ1v) is 6.73. The van der Waals surface area contributed by atoms with E-state index < -0.39 is 0 Å². The second kappa shape index (κ2) is 7.79.